The van der Waals surface area contributed by atoms with E-state index in [2.05, 4.69) is 10.3 Å². The zero-order chi connectivity index (χ0) is 12.6. The number of halogens is 3. The summed E-state index contributed by atoms with van der Waals surface area (Å²) in [6.07, 6.45) is -3.64. The predicted molar refractivity (Wildman–Crippen MR) is 50.1 cm³/mol. The van der Waals surface area contributed by atoms with Crippen molar-refractivity contribution in [2.24, 2.45) is 0 Å². The molecule has 0 unspecified atom stereocenters. The van der Waals surface area contributed by atoms with Crippen molar-refractivity contribution in [3.05, 3.63) is 23.9 Å². The van der Waals surface area contributed by atoms with E-state index in [1.54, 1.807) is 0 Å². The monoisotopic (exact) mass is 245 g/mol. The van der Waals surface area contributed by atoms with E-state index in [9.17, 15) is 22.8 Å². The molecule has 1 aromatic heterocycles. The maximum absolute atomic E-state index is 12.4. The first-order valence-corrected chi connectivity index (χ1v) is 4.53. The largest absolute Gasteiger partial charge is 0.416 e. The summed E-state index contributed by atoms with van der Waals surface area (Å²) in [6, 6.07) is 0.645. The number of nitrogens with one attached hydrogen (secondary N) is 1. The molecular formula is C9H6F3N3O2. The third-order valence-electron chi connectivity index (χ3n) is 2.15. The number of urea groups is 1. The lowest BCUT2D eigenvalue weighted by Gasteiger charge is -2.13. The van der Waals surface area contributed by atoms with E-state index in [0.29, 0.717) is 11.0 Å². The van der Waals surface area contributed by atoms with Gasteiger partial charge in [0.05, 0.1) is 12.1 Å². The highest BCUT2D eigenvalue weighted by Gasteiger charge is 2.35. The summed E-state index contributed by atoms with van der Waals surface area (Å²) in [5.74, 6) is -0.971. The predicted octanol–water partition coefficient (Wildman–Crippen LogP) is 1.16. The summed E-state index contributed by atoms with van der Waals surface area (Å²) in [7, 11) is 0. The minimum absolute atomic E-state index is 0.239. The normalized spacial score (nSPS) is 16.3. The molecule has 0 spiro atoms. The van der Waals surface area contributed by atoms with Gasteiger partial charge in [-0.3, -0.25) is 4.79 Å². The Kier molecular flexibility index (Phi) is 2.49. The summed E-state index contributed by atoms with van der Waals surface area (Å²) >= 11 is 0. The fourth-order valence-electron chi connectivity index (χ4n) is 1.37. The minimum Gasteiger partial charge on any atom is -0.328 e. The first-order chi connectivity index (χ1) is 7.89. The molecule has 1 aliphatic rings. The molecule has 0 atom stereocenters. The van der Waals surface area contributed by atoms with Crippen LogP contribution in [0.3, 0.4) is 0 Å². The number of alkyl halides is 3. The molecule has 1 N–H and O–H groups in total. The lowest BCUT2D eigenvalue weighted by atomic mass is 10.2. The highest BCUT2D eigenvalue weighted by molar-refractivity contribution is 6.19. The van der Waals surface area contributed by atoms with Crippen molar-refractivity contribution in [2.75, 3.05) is 11.4 Å². The number of pyridine rings is 1. The molecule has 90 valence electrons. The van der Waals surface area contributed by atoms with E-state index in [1.165, 1.54) is 0 Å². The van der Waals surface area contributed by atoms with Crippen LogP contribution in [0.5, 0.6) is 0 Å². The van der Waals surface area contributed by atoms with Crippen LogP contribution in [0.1, 0.15) is 5.56 Å². The van der Waals surface area contributed by atoms with Crippen molar-refractivity contribution in [3.63, 3.8) is 0 Å². The van der Waals surface area contributed by atoms with Gasteiger partial charge in [0.1, 0.15) is 5.82 Å². The van der Waals surface area contributed by atoms with Gasteiger partial charge in [-0.2, -0.15) is 13.2 Å². The summed E-state index contributed by atoms with van der Waals surface area (Å²) in [5, 5.41) is 2.19. The van der Waals surface area contributed by atoms with Crippen molar-refractivity contribution in [3.8, 4) is 0 Å². The third-order valence-corrected chi connectivity index (χ3v) is 2.15. The topological polar surface area (TPSA) is 62.3 Å². The molecular weight excluding hydrogens is 239 g/mol. The Balaban J connectivity index is 2.40. The number of hydrogen-bond donors (Lipinski definition) is 1. The van der Waals surface area contributed by atoms with Crippen LogP contribution >= 0.6 is 0 Å². The molecule has 17 heavy (non-hydrogen) atoms. The van der Waals surface area contributed by atoms with E-state index in [0.717, 1.165) is 12.3 Å². The highest BCUT2D eigenvalue weighted by atomic mass is 19.4. The van der Waals surface area contributed by atoms with Crippen molar-refractivity contribution in [1.82, 2.24) is 10.3 Å². The molecule has 2 heterocycles. The Morgan fingerprint density at radius 1 is 1.35 bits per heavy atom. The van der Waals surface area contributed by atoms with Crippen molar-refractivity contribution < 1.29 is 22.8 Å². The Hall–Kier alpha value is -2.12. The van der Waals surface area contributed by atoms with Gasteiger partial charge in [-0.05, 0) is 12.1 Å². The zero-order valence-corrected chi connectivity index (χ0v) is 8.28. The Morgan fingerprint density at radius 2 is 2.06 bits per heavy atom. The molecule has 0 aromatic carbocycles. The van der Waals surface area contributed by atoms with Crippen LogP contribution in [0.4, 0.5) is 23.8 Å². The molecule has 2 rings (SSSR count). The van der Waals surface area contributed by atoms with E-state index >= 15 is 0 Å². The molecule has 1 aromatic rings. The van der Waals surface area contributed by atoms with Crippen LogP contribution in [0.2, 0.25) is 0 Å². The Labute approximate surface area is 93.2 Å². The lowest BCUT2D eigenvalue weighted by Crippen LogP contribution is -2.31. The number of anilines is 1. The maximum atomic E-state index is 12.4. The van der Waals surface area contributed by atoms with Gasteiger partial charge in [0.15, 0.2) is 0 Å². The number of hydrogen-bond acceptors (Lipinski definition) is 3. The number of aromatic nitrogens is 1. The number of carbonyl (C=O) groups excluding carboxylic acids is 2. The summed E-state index contributed by atoms with van der Waals surface area (Å²) in [5.41, 5.74) is -0.963. The van der Waals surface area contributed by atoms with E-state index < -0.39 is 23.7 Å². The molecule has 1 saturated heterocycles. The lowest BCUT2D eigenvalue weighted by molar-refractivity contribution is -0.137. The molecule has 3 amide bonds. The second-order valence-corrected chi connectivity index (χ2v) is 3.29. The van der Waals surface area contributed by atoms with Gasteiger partial charge in [-0.1, -0.05) is 0 Å². The molecule has 0 bridgehead atoms. The smallest absolute Gasteiger partial charge is 0.328 e. The molecule has 8 heteroatoms. The number of rotatable bonds is 1. The third kappa shape index (κ3) is 2.05. The van der Waals surface area contributed by atoms with Crippen molar-refractivity contribution in [1.29, 1.82) is 0 Å². The number of imide groups is 1. The average Bonchev–Trinajstić information content (AvgIpc) is 2.57. The van der Waals surface area contributed by atoms with Crippen molar-refractivity contribution >= 4 is 17.8 Å². The zero-order valence-electron chi connectivity index (χ0n) is 8.28. The highest BCUT2D eigenvalue weighted by Crippen LogP contribution is 2.30. The first kappa shape index (κ1) is 11.4. The van der Waals surface area contributed by atoms with E-state index in [-0.39, 0.29) is 12.4 Å². The van der Waals surface area contributed by atoms with Crippen LogP contribution < -0.4 is 10.2 Å². The second-order valence-electron chi connectivity index (χ2n) is 3.29. The van der Waals surface area contributed by atoms with Gasteiger partial charge in [0, 0.05) is 6.20 Å². The number of carbonyl (C=O) groups is 2. The van der Waals surface area contributed by atoms with Crippen LogP contribution in [0.15, 0.2) is 18.3 Å². The van der Waals surface area contributed by atoms with Gasteiger partial charge < -0.3 is 5.32 Å². The van der Waals surface area contributed by atoms with Crippen molar-refractivity contribution in [2.45, 2.75) is 6.18 Å². The van der Waals surface area contributed by atoms with Crippen LogP contribution in [0.25, 0.3) is 0 Å². The van der Waals surface area contributed by atoms with E-state index in [1.807, 2.05) is 0 Å². The van der Waals surface area contributed by atoms with Gasteiger partial charge in [0.2, 0.25) is 0 Å². The Bertz CT molecular complexity index is 471. The average molecular weight is 245 g/mol. The standard InChI is InChI=1S/C9H6F3N3O2/c10-9(11,12)5-1-2-13-6(3-5)15-7(16)4-14-8(15)17/h1-3H,4H2,(H,14,17). The SMILES string of the molecule is O=C1CNC(=O)N1c1cc(C(F)(F)F)ccn1. The summed E-state index contributed by atoms with van der Waals surface area (Å²) in [4.78, 5) is 26.6. The molecule has 0 saturated carbocycles. The number of nitrogens with zero attached hydrogens (tertiary/aromatic N) is 2. The van der Waals surface area contributed by atoms with Crippen LogP contribution in [0, 0.1) is 0 Å². The quantitative estimate of drug-likeness (QED) is 0.755. The number of amides is 3. The minimum atomic E-state index is -4.54. The fourth-order valence-corrected chi connectivity index (χ4v) is 1.37. The summed E-state index contributed by atoms with van der Waals surface area (Å²) in [6.45, 7) is -0.239. The van der Waals surface area contributed by atoms with Gasteiger partial charge in [-0.15, -0.1) is 0 Å². The molecule has 1 fully saturated rings. The van der Waals surface area contributed by atoms with Gasteiger partial charge in [0.25, 0.3) is 5.91 Å². The van der Waals surface area contributed by atoms with E-state index in [4.69, 9.17) is 0 Å². The van der Waals surface area contributed by atoms with Gasteiger partial charge in [-0.25, -0.2) is 14.7 Å². The summed E-state index contributed by atoms with van der Waals surface area (Å²) < 4.78 is 37.3. The fraction of sp³-hybridized carbons (Fsp3) is 0.222. The first-order valence-electron chi connectivity index (χ1n) is 4.53. The molecule has 1 aliphatic heterocycles. The van der Waals surface area contributed by atoms with Crippen LogP contribution in [-0.4, -0.2) is 23.5 Å². The maximum Gasteiger partial charge on any atom is 0.416 e. The van der Waals surface area contributed by atoms with Gasteiger partial charge >= 0.3 is 12.2 Å². The van der Waals surface area contributed by atoms with Crippen LogP contribution in [-0.2, 0) is 11.0 Å². The Morgan fingerprint density at radius 3 is 2.59 bits per heavy atom. The molecule has 0 aliphatic carbocycles. The molecule has 5 nitrogen and oxygen atoms in total. The second kappa shape index (κ2) is 3.72. The molecule has 0 radical (unpaired) electrons.